The molecule has 0 N–H and O–H groups in total. The van der Waals surface area contributed by atoms with Gasteiger partial charge in [0.25, 0.3) is 5.03 Å². The summed E-state index contributed by atoms with van der Waals surface area (Å²) in [5.41, 5.74) is 0. The number of halogens is 1. The van der Waals surface area contributed by atoms with Gasteiger partial charge in [-0.2, -0.15) is 4.73 Å². The molecule has 2 aromatic rings. The number of hydrogen-bond acceptors (Lipinski definition) is 3. The lowest BCUT2D eigenvalue weighted by molar-refractivity contribution is -0.645. The molecule has 94 valence electrons. The van der Waals surface area contributed by atoms with Crippen LogP contribution in [-0.4, -0.2) is 12.4 Å². The molecule has 3 nitrogen and oxygen atoms in total. The number of benzene rings is 1. The molecule has 5 heteroatoms. The number of ether oxygens (including phenoxy) is 1. The Morgan fingerprint density at radius 2 is 1.94 bits per heavy atom. The fraction of sp³-hybridized carbons (Fsp3) is 0.154. The summed E-state index contributed by atoms with van der Waals surface area (Å²) in [5, 5.41) is 12.6. The van der Waals surface area contributed by atoms with Gasteiger partial charge in [0, 0.05) is 17.9 Å². The Kier molecular flexibility index (Phi) is 4.73. The molecule has 0 unspecified atom stereocenters. The Morgan fingerprint density at radius 3 is 2.72 bits per heavy atom. The maximum Gasteiger partial charge on any atom is 0.251 e. The fourth-order valence-corrected chi connectivity index (χ4v) is 2.31. The first-order chi connectivity index (χ1) is 8.77. The molecule has 18 heavy (non-hydrogen) atoms. The Hall–Kier alpha value is -1.39. The maximum atomic E-state index is 11.4. The van der Waals surface area contributed by atoms with Crippen molar-refractivity contribution < 1.29 is 9.47 Å². The minimum Gasteiger partial charge on any atom is -0.618 e. The van der Waals surface area contributed by atoms with Crippen LogP contribution in [0.4, 0.5) is 0 Å². The average Bonchev–Trinajstić information content (AvgIpc) is 2.38. The first-order valence-electron chi connectivity index (χ1n) is 5.45. The summed E-state index contributed by atoms with van der Waals surface area (Å²) in [7, 11) is 0. The molecule has 0 aliphatic carbocycles. The number of thioether (sulfide) groups is 1. The highest BCUT2D eigenvalue weighted by Crippen LogP contribution is 2.23. The van der Waals surface area contributed by atoms with E-state index in [-0.39, 0.29) is 0 Å². The van der Waals surface area contributed by atoms with Gasteiger partial charge in [-0.05, 0) is 18.2 Å². The van der Waals surface area contributed by atoms with Gasteiger partial charge in [-0.15, -0.1) is 0 Å². The maximum absolute atomic E-state index is 11.4. The van der Waals surface area contributed by atoms with Gasteiger partial charge in [-0.25, -0.2) is 0 Å². The minimum atomic E-state index is 0.503. The predicted octanol–water partition coefficient (Wildman–Crippen LogP) is 3.14. The van der Waals surface area contributed by atoms with E-state index in [1.54, 1.807) is 18.2 Å². The summed E-state index contributed by atoms with van der Waals surface area (Å²) in [6, 6.07) is 12.7. The van der Waals surface area contributed by atoms with Crippen LogP contribution in [0.2, 0.25) is 5.02 Å². The summed E-state index contributed by atoms with van der Waals surface area (Å²) in [4.78, 5) is 0. The van der Waals surface area contributed by atoms with Crippen molar-refractivity contribution in [3.8, 4) is 5.75 Å². The summed E-state index contributed by atoms with van der Waals surface area (Å²) >= 11 is 7.41. The number of rotatable bonds is 5. The zero-order valence-electron chi connectivity index (χ0n) is 9.58. The van der Waals surface area contributed by atoms with Gasteiger partial charge in [0.1, 0.15) is 5.75 Å². The standard InChI is InChI=1S/C13H12ClNO2S/c14-11-5-1-2-6-12(11)17-9-10-18-13-7-3-4-8-15(13)16/h1-8H,9-10H2. The van der Waals surface area contributed by atoms with Crippen LogP contribution in [0.15, 0.2) is 53.7 Å². The lowest BCUT2D eigenvalue weighted by atomic mass is 10.3. The van der Waals surface area contributed by atoms with Crippen molar-refractivity contribution in [2.75, 3.05) is 12.4 Å². The van der Waals surface area contributed by atoms with Gasteiger partial charge >= 0.3 is 0 Å². The van der Waals surface area contributed by atoms with E-state index in [2.05, 4.69) is 0 Å². The molecule has 0 saturated carbocycles. The lowest BCUT2D eigenvalue weighted by Crippen LogP contribution is -2.27. The van der Waals surface area contributed by atoms with Crippen molar-refractivity contribution in [3.05, 3.63) is 58.9 Å². The molecule has 2 rings (SSSR count). The van der Waals surface area contributed by atoms with Crippen LogP contribution in [0.25, 0.3) is 0 Å². The van der Waals surface area contributed by atoms with Crippen LogP contribution in [0.3, 0.4) is 0 Å². The molecule has 1 aromatic heterocycles. The molecule has 0 amide bonds. The lowest BCUT2D eigenvalue weighted by Gasteiger charge is -2.07. The fourth-order valence-electron chi connectivity index (χ4n) is 1.38. The van der Waals surface area contributed by atoms with E-state index >= 15 is 0 Å². The van der Waals surface area contributed by atoms with Crippen LogP contribution in [-0.2, 0) is 0 Å². The highest BCUT2D eigenvalue weighted by molar-refractivity contribution is 7.99. The highest BCUT2D eigenvalue weighted by Gasteiger charge is 2.04. The second-order valence-electron chi connectivity index (χ2n) is 3.49. The van der Waals surface area contributed by atoms with Gasteiger partial charge in [-0.1, -0.05) is 35.5 Å². The van der Waals surface area contributed by atoms with E-state index in [0.717, 1.165) is 4.73 Å². The van der Waals surface area contributed by atoms with Crippen LogP contribution < -0.4 is 9.47 Å². The summed E-state index contributed by atoms with van der Waals surface area (Å²) in [6.07, 6.45) is 1.48. The van der Waals surface area contributed by atoms with Gasteiger partial charge in [0.05, 0.1) is 11.6 Å². The first kappa shape index (κ1) is 13.1. The molecule has 0 spiro atoms. The first-order valence-corrected chi connectivity index (χ1v) is 6.82. The Morgan fingerprint density at radius 1 is 1.17 bits per heavy atom. The molecular formula is C13H12ClNO2S. The zero-order chi connectivity index (χ0) is 12.8. The van der Waals surface area contributed by atoms with E-state index in [1.807, 2.05) is 24.3 Å². The van der Waals surface area contributed by atoms with Crippen LogP contribution in [0.1, 0.15) is 0 Å². The molecule has 0 atom stereocenters. The molecule has 0 fully saturated rings. The van der Waals surface area contributed by atoms with E-state index in [1.165, 1.54) is 18.0 Å². The third kappa shape index (κ3) is 3.55. The van der Waals surface area contributed by atoms with Gasteiger partial charge in [-0.3, -0.25) is 0 Å². The van der Waals surface area contributed by atoms with Gasteiger partial charge in [0.2, 0.25) is 0 Å². The molecule has 0 bridgehead atoms. The number of pyridine rings is 1. The third-order valence-corrected chi connectivity index (χ3v) is 3.51. The van der Waals surface area contributed by atoms with Crippen molar-refractivity contribution >= 4 is 23.4 Å². The molecule has 1 heterocycles. The number of nitrogens with zero attached hydrogens (tertiary/aromatic N) is 1. The van der Waals surface area contributed by atoms with Crippen molar-refractivity contribution in [1.82, 2.24) is 0 Å². The number of aromatic nitrogens is 1. The Bertz CT molecular complexity index is 474. The Balaban J connectivity index is 1.80. The monoisotopic (exact) mass is 281 g/mol. The largest absolute Gasteiger partial charge is 0.618 e. The van der Waals surface area contributed by atoms with E-state index in [4.69, 9.17) is 16.3 Å². The van der Waals surface area contributed by atoms with Gasteiger partial charge in [0.15, 0.2) is 6.20 Å². The zero-order valence-corrected chi connectivity index (χ0v) is 11.2. The molecule has 1 aromatic carbocycles. The van der Waals surface area contributed by atoms with Crippen molar-refractivity contribution in [2.24, 2.45) is 0 Å². The van der Waals surface area contributed by atoms with E-state index in [0.29, 0.717) is 28.2 Å². The second kappa shape index (κ2) is 6.52. The smallest absolute Gasteiger partial charge is 0.251 e. The quantitative estimate of drug-likeness (QED) is 0.366. The molecule has 0 radical (unpaired) electrons. The van der Waals surface area contributed by atoms with Crippen molar-refractivity contribution in [1.29, 1.82) is 0 Å². The van der Waals surface area contributed by atoms with Crippen LogP contribution in [0.5, 0.6) is 5.75 Å². The SMILES string of the molecule is [O-][n+]1ccccc1SCCOc1ccccc1Cl. The Labute approximate surface area is 115 Å². The van der Waals surface area contributed by atoms with Crippen molar-refractivity contribution in [3.63, 3.8) is 0 Å². The third-order valence-electron chi connectivity index (χ3n) is 2.22. The molecule has 0 saturated heterocycles. The second-order valence-corrected chi connectivity index (χ2v) is 5.01. The minimum absolute atomic E-state index is 0.503. The van der Waals surface area contributed by atoms with Gasteiger partial charge < -0.3 is 9.94 Å². The molecular weight excluding hydrogens is 270 g/mol. The summed E-state index contributed by atoms with van der Waals surface area (Å²) < 4.78 is 6.38. The number of para-hydroxylation sites is 1. The normalized spacial score (nSPS) is 10.3. The predicted molar refractivity (Wildman–Crippen MR) is 73.1 cm³/mol. The van der Waals surface area contributed by atoms with E-state index in [9.17, 15) is 5.21 Å². The van der Waals surface area contributed by atoms with Crippen molar-refractivity contribution in [2.45, 2.75) is 5.03 Å². The highest BCUT2D eigenvalue weighted by atomic mass is 35.5. The topological polar surface area (TPSA) is 36.2 Å². The van der Waals surface area contributed by atoms with Crippen LogP contribution in [0, 0.1) is 5.21 Å². The number of hydrogen-bond donors (Lipinski definition) is 0. The molecule has 0 aliphatic heterocycles. The summed E-state index contributed by atoms with van der Waals surface area (Å²) in [6.45, 7) is 0.503. The van der Waals surface area contributed by atoms with E-state index < -0.39 is 0 Å². The van der Waals surface area contributed by atoms with Crippen LogP contribution >= 0.6 is 23.4 Å². The average molecular weight is 282 g/mol. The molecule has 0 aliphatic rings. The summed E-state index contributed by atoms with van der Waals surface area (Å²) in [5.74, 6) is 1.36.